The molecule has 3 aromatic rings. The fraction of sp³-hybridized carbons (Fsp3) is 0.458. The normalized spacial score (nSPS) is 11.9. The van der Waals surface area contributed by atoms with Crippen LogP contribution in [0.3, 0.4) is 0 Å². The Labute approximate surface area is 209 Å². The summed E-state index contributed by atoms with van der Waals surface area (Å²) in [5.41, 5.74) is -0.0623. The monoisotopic (exact) mass is 517 g/mol. The molecular weight excluding hydrogens is 486 g/mol. The molecule has 0 aliphatic rings. The topological polar surface area (TPSA) is 133 Å². The van der Waals surface area contributed by atoms with Crippen LogP contribution in [0.15, 0.2) is 34.0 Å². The van der Waals surface area contributed by atoms with E-state index in [2.05, 4.69) is 5.10 Å². The van der Waals surface area contributed by atoms with Crippen molar-refractivity contribution in [1.29, 1.82) is 0 Å². The van der Waals surface area contributed by atoms with Crippen LogP contribution in [-0.4, -0.2) is 45.5 Å². The third-order valence-corrected chi connectivity index (χ3v) is 6.80. The first-order chi connectivity index (χ1) is 16.8. The lowest BCUT2D eigenvalue weighted by atomic mass is 9.93. The number of hydrogen-bond donors (Lipinski definition) is 0. The van der Waals surface area contributed by atoms with Crippen LogP contribution < -0.4 is 15.7 Å². The third kappa shape index (κ3) is 4.77. The van der Waals surface area contributed by atoms with Gasteiger partial charge >= 0.3 is 5.69 Å². The zero-order chi connectivity index (χ0) is 26.9. The van der Waals surface area contributed by atoms with Gasteiger partial charge < -0.3 is 0 Å². The molecule has 12 heteroatoms. The number of sulfonamides is 1. The zero-order valence-electron chi connectivity index (χ0n) is 21.3. The van der Waals surface area contributed by atoms with Crippen LogP contribution >= 0.6 is 0 Å². The van der Waals surface area contributed by atoms with Crippen molar-refractivity contribution in [3.8, 4) is 11.3 Å². The SMILES string of the molecule is CCCC(=O)N(n1c(=O)c2cc(-c3ccnn3C)c(C(C)C)cc2n(C(=O)CCC)c1=O)S(C)(=O)=O. The molecular formula is C24H31N5O6S. The van der Waals surface area contributed by atoms with Gasteiger partial charge in [-0.25, -0.2) is 17.8 Å². The zero-order valence-corrected chi connectivity index (χ0v) is 22.1. The minimum Gasteiger partial charge on any atom is -0.274 e. The van der Waals surface area contributed by atoms with Crippen molar-refractivity contribution >= 4 is 32.7 Å². The first-order valence-corrected chi connectivity index (χ1v) is 13.6. The summed E-state index contributed by atoms with van der Waals surface area (Å²) in [7, 11) is -2.64. The first-order valence-electron chi connectivity index (χ1n) is 11.8. The van der Waals surface area contributed by atoms with Gasteiger partial charge in [-0.15, -0.1) is 9.09 Å². The van der Waals surface area contributed by atoms with Crippen molar-refractivity contribution in [2.24, 2.45) is 7.05 Å². The second-order valence-electron chi connectivity index (χ2n) is 8.98. The van der Waals surface area contributed by atoms with E-state index in [1.807, 2.05) is 13.8 Å². The van der Waals surface area contributed by atoms with Crippen molar-refractivity contribution < 1.29 is 18.0 Å². The largest absolute Gasteiger partial charge is 0.358 e. The van der Waals surface area contributed by atoms with Crippen LogP contribution in [0, 0.1) is 0 Å². The van der Waals surface area contributed by atoms with Gasteiger partial charge in [0.15, 0.2) is 0 Å². The Kier molecular flexibility index (Phi) is 7.68. The maximum Gasteiger partial charge on any atom is 0.358 e. The fourth-order valence-electron chi connectivity index (χ4n) is 4.18. The van der Waals surface area contributed by atoms with E-state index in [1.54, 1.807) is 43.9 Å². The number of carbonyl (C=O) groups excluding carboxylic acids is 2. The predicted molar refractivity (Wildman–Crippen MR) is 137 cm³/mol. The molecule has 0 fully saturated rings. The number of amides is 1. The molecule has 2 aromatic heterocycles. The van der Waals surface area contributed by atoms with Gasteiger partial charge in [0.25, 0.3) is 21.5 Å². The van der Waals surface area contributed by atoms with Crippen LogP contribution in [0.1, 0.15) is 69.7 Å². The lowest BCUT2D eigenvalue weighted by Crippen LogP contribution is -2.57. The third-order valence-electron chi connectivity index (χ3n) is 5.81. The first kappa shape index (κ1) is 27.1. The minimum absolute atomic E-state index is 0.0184. The summed E-state index contributed by atoms with van der Waals surface area (Å²) in [6.45, 7) is 7.30. The van der Waals surface area contributed by atoms with Crippen molar-refractivity contribution in [3.05, 3.63) is 50.8 Å². The van der Waals surface area contributed by atoms with E-state index >= 15 is 0 Å². The number of carbonyl (C=O) groups is 2. The van der Waals surface area contributed by atoms with E-state index in [1.165, 1.54) is 6.07 Å². The van der Waals surface area contributed by atoms with Gasteiger partial charge in [0.2, 0.25) is 5.91 Å². The highest BCUT2D eigenvalue weighted by molar-refractivity contribution is 7.92. The van der Waals surface area contributed by atoms with Gasteiger partial charge in [0, 0.05) is 31.6 Å². The quantitative estimate of drug-likeness (QED) is 0.448. The Morgan fingerprint density at radius 1 is 1.08 bits per heavy atom. The average molecular weight is 518 g/mol. The molecule has 0 aliphatic carbocycles. The second-order valence-corrected chi connectivity index (χ2v) is 10.8. The van der Waals surface area contributed by atoms with Crippen molar-refractivity contribution in [2.75, 3.05) is 10.7 Å². The molecule has 2 heterocycles. The van der Waals surface area contributed by atoms with E-state index in [0.717, 1.165) is 16.4 Å². The molecule has 0 bridgehead atoms. The fourth-order valence-corrected chi connectivity index (χ4v) is 5.08. The molecule has 0 atom stereocenters. The van der Waals surface area contributed by atoms with E-state index in [-0.39, 0.29) is 38.8 Å². The summed E-state index contributed by atoms with van der Waals surface area (Å²) in [6.07, 6.45) is 2.81. The standard InChI is InChI=1S/C24H31N5O6S/c1-7-9-21(30)27-20-14-16(15(3)4)17(19-11-12-25-26(19)5)13-18(20)23(32)28(24(27)33)29(36(6,34)35)22(31)10-8-2/h11-15H,7-10H2,1-6H3. The molecule has 0 saturated carbocycles. The maximum absolute atomic E-state index is 13.7. The van der Waals surface area contributed by atoms with E-state index < -0.39 is 33.1 Å². The predicted octanol–water partition coefficient (Wildman–Crippen LogP) is 2.35. The number of rotatable bonds is 8. The molecule has 3 rings (SSSR count). The Balaban J connectivity index is 2.59. The molecule has 36 heavy (non-hydrogen) atoms. The van der Waals surface area contributed by atoms with Crippen LogP contribution in [0.25, 0.3) is 22.2 Å². The van der Waals surface area contributed by atoms with Gasteiger partial charge in [-0.3, -0.25) is 19.1 Å². The van der Waals surface area contributed by atoms with Crippen molar-refractivity contribution in [2.45, 2.75) is 59.3 Å². The Hall–Kier alpha value is -3.54. The van der Waals surface area contributed by atoms with E-state index in [9.17, 15) is 27.6 Å². The van der Waals surface area contributed by atoms with Gasteiger partial charge in [0.1, 0.15) is 0 Å². The van der Waals surface area contributed by atoms with Gasteiger partial charge in [-0.2, -0.15) is 5.10 Å². The molecule has 0 saturated heterocycles. The molecule has 0 N–H and O–H groups in total. The summed E-state index contributed by atoms with van der Waals surface area (Å²) in [4.78, 5) is 53.3. The van der Waals surface area contributed by atoms with Crippen LogP contribution in [0.5, 0.6) is 0 Å². The van der Waals surface area contributed by atoms with Crippen LogP contribution in [0.2, 0.25) is 0 Å². The molecule has 11 nitrogen and oxygen atoms in total. The summed E-state index contributed by atoms with van der Waals surface area (Å²) in [6, 6.07) is 4.90. The highest BCUT2D eigenvalue weighted by Crippen LogP contribution is 2.32. The molecule has 1 aromatic carbocycles. The summed E-state index contributed by atoms with van der Waals surface area (Å²) < 4.78 is 28.1. The highest BCUT2D eigenvalue weighted by Gasteiger charge is 2.31. The molecule has 1 amide bonds. The number of fused-ring (bicyclic) bond motifs is 1. The van der Waals surface area contributed by atoms with Gasteiger partial charge in [-0.05, 0) is 42.5 Å². The van der Waals surface area contributed by atoms with Crippen molar-refractivity contribution in [3.63, 3.8) is 0 Å². The number of nitrogens with zero attached hydrogens (tertiary/aromatic N) is 5. The highest BCUT2D eigenvalue weighted by atomic mass is 32.2. The summed E-state index contributed by atoms with van der Waals surface area (Å²) >= 11 is 0. The Morgan fingerprint density at radius 2 is 1.72 bits per heavy atom. The number of aryl methyl sites for hydroxylation is 1. The molecule has 0 aliphatic heterocycles. The van der Waals surface area contributed by atoms with Crippen LogP contribution in [0.4, 0.5) is 0 Å². The maximum atomic E-state index is 13.7. The molecule has 0 spiro atoms. The summed E-state index contributed by atoms with van der Waals surface area (Å²) in [5, 5.41) is 4.12. The molecule has 194 valence electrons. The molecule has 0 unspecified atom stereocenters. The number of benzene rings is 1. The second kappa shape index (κ2) is 10.2. The number of hydrogen-bond acceptors (Lipinski definition) is 7. The lowest BCUT2D eigenvalue weighted by molar-refractivity contribution is -0.118. The van der Waals surface area contributed by atoms with E-state index in [0.29, 0.717) is 24.1 Å². The Bertz CT molecular complexity index is 1560. The lowest BCUT2D eigenvalue weighted by Gasteiger charge is -2.23. The average Bonchev–Trinajstić information content (AvgIpc) is 3.21. The summed E-state index contributed by atoms with van der Waals surface area (Å²) in [5.74, 6) is -1.61. The van der Waals surface area contributed by atoms with Gasteiger partial charge in [-0.1, -0.05) is 27.7 Å². The van der Waals surface area contributed by atoms with Gasteiger partial charge in [0.05, 0.1) is 22.9 Å². The van der Waals surface area contributed by atoms with Crippen molar-refractivity contribution in [1.82, 2.24) is 19.0 Å². The van der Waals surface area contributed by atoms with E-state index in [4.69, 9.17) is 0 Å². The Morgan fingerprint density at radius 3 is 2.22 bits per heavy atom. The smallest absolute Gasteiger partial charge is 0.274 e. The number of aromatic nitrogens is 4. The minimum atomic E-state index is -4.38. The molecule has 0 radical (unpaired) electrons. The van der Waals surface area contributed by atoms with Crippen LogP contribution in [-0.2, 0) is 21.9 Å².